The van der Waals surface area contributed by atoms with Crippen LogP contribution in [0.2, 0.25) is 0 Å². The van der Waals surface area contributed by atoms with E-state index in [-0.39, 0.29) is 6.61 Å². The molecule has 3 aromatic rings. The van der Waals surface area contributed by atoms with E-state index in [1.54, 1.807) is 0 Å². The zero-order chi connectivity index (χ0) is 16.5. The van der Waals surface area contributed by atoms with Gasteiger partial charge >= 0.3 is 0 Å². The van der Waals surface area contributed by atoms with E-state index in [4.69, 9.17) is 0 Å². The molecule has 24 heavy (non-hydrogen) atoms. The lowest BCUT2D eigenvalue weighted by Gasteiger charge is -2.31. The lowest BCUT2D eigenvalue weighted by Crippen LogP contribution is -2.34. The normalized spacial score (nSPS) is 19.2. The van der Waals surface area contributed by atoms with Crippen molar-refractivity contribution < 1.29 is 5.11 Å². The number of aliphatic hydroxyl groups excluding tert-OH is 1. The van der Waals surface area contributed by atoms with Crippen LogP contribution in [-0.2, 0) is 20.2 Å². The highest BCUT2D eigenvalue weighted by Gasteiger charge is 2.26. The Bertz CT molecular complexity index is 808. The van der Waals surface area contributed by atoms with E-state index in [9.17, 15) is 5.11 Å². The van der Waals surface area contributed by atoms with Crippen LogP contribution < -0.4 is 0 Å². The van der Waals surface area contributed by atoms with Crippen LogP contribution in [0.5, 0.6) is 0 Å². The van der Waals surface area contributed by atoms with Crippen molar-refractivity contribution in [1.82, 2.24) is 19.7 Å². The molecule has 0 saturated carbocycles. The summed E-state index contributed by atoms with van der Waals surface area (Å²) in [6.45, 7) is 3.09. The van der Waals surface area contributed by atoms with Gasteiger partial charge in [-0.3, -0.25) is 4.90 Å². The third-order valence-corrected chi connectivity index (χ3v) is 5.97. The number of rotatable bonds is 4. The first-order valence-corrected chi connectivity index (χ1v) is 9.25. The molecule has 1 N–H and O–H groups in total. The summed E-state index contributed by atoms with van der Waals surface area (Å²) in [5.74, 6) is 2.04. The number of aromatic nitrogens is 3. The Labute approximate surface area is 145 Å². The fourth-order valence-electron chi connectivity index (χ4n) is 3.61. The second-order valence-electron chi connectivity index (χ2n) is 6.52. The highest BCUT2D eigenvalue weighted by atomic mass is 32.1. The van der Waals surface area contributed by atoms with E-state index < -0.39 is 0 Å². The molecule has 0 spiro atoms. The zero-order valence-corrected chi connectivity index (χ0v) is 14.7. The van der Waals surface area contributed by atoms with E-state index in [1.165, 1.54) is 21.4 Å². The Hall–Kier alpha value is -1.76. The first kappa shape index (κ1) is 15.7. The summed E-state index contributed by atoms with van der Waals surface area (Å²) >= 11 is 1.89. The van der Waals surface area contributed by atoms with Crippen LogP contribution in [0.1, 0.15) is 35.3 Å². The average Bonchev–Trinajstić information content (AvgIpc) is 3.17. The molecule has 4 rings (SSSR count). The topological polar surface area (TPSA) is 54.2 Å². The molecule has 0 bridgehead atoms. The van der Waals surface area contributed by atoms with Crippen LogP contribution in [0.15, 0.2) is 30.3 Å². The van der Waals surface area contributed by atoms with Gasteiger partial charge in [-0.25, -0.2) is 0 Å². The molecule has 0 radical (unpaired) electrons. The molecular weight excluding hydrogens is 320 g/mol. The Balaban J connectivity index is 1.49. The number of piperidine rings is 1. The SMILES string of the molecule is Cn1c(CO)nnc1[C@H]1CCCN(Cc2cc3ccccc3s2)C1. The van der Waals surface area contributed by atoms with Gasteiger partial charge in [0.05, 0.1) is 0 Å². The summed E-state index contributed by atoms with van der Waals surface area (Å²) in [5, 5.41) is 19.1. The van der Waals surface area contributed by atoms with Crippen molar-refractivity contribution in [2.75, 3.05) is 13.1 Å². The first-order chi connectivity index (χ1) is 11.7. The summed E-state index contributed by atoms with van der Waals surface area (Å²) in [6, 6.07) is 10.9. The highest BCUT2D eigenvalue weighted by molar-refractivity contribution is 7.19. The summed E-state index contributed by atoms with van der Waals surface area (Å²) in [5.41, 5.74) is 0. The van der Waals surface area contributed by atoms with E-state index in [0.29, 0.717) is 11.7 Å². The van der Waals surface area contributed by atoms with E-state index in [2.05, 4.69) is 45.4 Å². The smallest absolute Gasteiger partial charge is 0.158 e. The van der Waals surface area contributed by atoms with Gasteiger partial charge in [-0.2, -0.15) is 0 Å². The third kappa shape index (κ3) is 2.97. The number of likely N-dealkylation sites (tertiary alicyclic amines) is 1. The molecule has 0 unspecified atom stereocenters. The summed E-state index contributed by atoms with van der Waals surface area (Å²) < 4.78 is 3.31. The molecule has 1 fully saturated rings. The van der Waals surface area contributed by atoms with Gasteiger partial charge in [0.1, 0.15) is 12.4 Å². The number of hydrogen-bond acceptors (Lipinski definition) is 5. The average molecular weight is 342 g/mol. The molecule has 1 aliphatic rings. The lowest BCUT2D eigenvalue weighted by atomic mass is 9.97. The molecule has 6 heteroatoms. The number of hydrogen-bond donors (Lipinski definition) is 1. The van der Waals surface area contributed by atoms with Gasteiger partial charge in [0, 0.05) is 35.6 Å². The van der Waals surface area contributed by atoms with Crippen LogP contribution in [0.25, 0.3) is 10.1 Å². The maximum Gasteiger partial charge on any atom is 0.158 e. The number of thiophene rings is 1. The number of aliphatic hydroxyl groups is 1. The molecule has 1 aromatic carbocycles. The van der Waals surface area contributed by atoms with Crippen LogP contribution >= 0.6 is 11.3 Å². The summed E-state index contributed by atoms with van der Waals surface area (Å²) in [6.07, 6.45) is 2.32. The van der Waals surface area contributed by atoms with E-state index >= 15 is 0 Å². The minimum absolute atomic E-state index is 0.0539. The van der Waals surface area contributed by atoms with Crippen molar-refractivity contribution in [1.29, 1.82) is 0 Å². The largest absolute Gasteiger partial charge is 0.388 e. The molecule has 1 saturated heterocycles. The van der Waals surface area contributed by atoms with E-state index in [0.717, 1.165) is 31.9 Å². The van der Waals surface area contributed by atoms with Gasteiger partial charge < -0.3 is 9.67 Å². The van der Waals surface area contributed by atoms with E-state index in [1.807, 2.05) is 23.0 Å². The second-order valence-corrected chi connectivity index (χ2v) is 7.68. The quantitative estimate of drug-likeness (QED) is 0.792. The number of fused-ring (bicyclic) bond motifs is 1. The predicted molar refractivity (Wildman–Crippen MR) is 96.0 cm³/mol. The summed E-state index contributed by atoms with van der Waals surface area (Å²) in [7, 11) is 1.95. The molecule has 3 heterocycles. The number of nitrogens with zero attached hydrogens (tertiary/aromatic N) is 4. The molecular formula is C18H22N4OS. The van der Waals surface area contributed by atoms with Gasteiger partial charge in [0.15, 0.2) is 5.82 Å². The Morgan fingerprint density at radius 3 is 2.96 bits per heavy atom. The predicted octanol–water partition coefficient (Wildman–Crippen LogP) is 2.90. The van der Waals surface area contributed by atoms with Gasteiger partial charge in [-0.05, 0) is 36.9 Å². The van der Waals surface area contributed by atoms with Crippen LogP contribution in [0.4, 0.5) is 0 Å². The Morgan fingerprint density at radius 2 is 2.17 bits per heavy atom. The highest BCUT2D eigenvalue weighted by Crippen LogP contribution is 2.30. The van der Waals surface area contributed by atoms with Gasteiger partial charge in [0.2, 0.25) is 0 Å². The fourth-order valence-corrected chi connectivity index (χ4v) is 4.72. The fraction of sp³-hybridized carbons (Fsp3) is 0.444. The number of benzene rings is 1. The van der Waals surface area contributed by atoms with Crippen molar-refractivity contribution in [2.45, 2.75) is 31.9 Å². The standard InChI is InChI=1S/C18H22N4OS/c1-21-17(12-23)19-20-18(21)14-6-4-8-22(10-14)11-15-9-13-5-2-3-7-16(13)24-15/h2-3,5,7,9,14,23H,4,6,8,10-12H2,1H3/t14-/m0/s1. The summed E-state index contributed by atoms with van der Waals surface area (Å²) in [4.78, 5) is 3.94. The van der Waals surface area contributed by atoms with Crippen molar-refractivity contribution in [3.8, 4) is 0 Å². The van der Waals surface area contributed by atoms with Crippen molar-refractivity contribution in [3.63, 3.8) is 0 Å². The second kappa shape index (κ2) is 6.63. The third-order valence-electron chi connectivity index (χ3n) is 4.87. The Morgan fingerprint density at radius 1 is 1.29 bits per heavy atom. The lowest BCUT2D eigenvalue weighted by molar-refractivity contribution is 0.196. The van der Waals surface area contributed by atoms with Gasteiger partial charge in [0.25, 0.3) is 0 Å². The molecule has 2 aromatic heterocycles. The molecule has 5 nitrogen and oxygen atoms in total. The molecule has 126 valence electrons. The van der Waals surface area contributed by atoms with Crippen molar-refractivity contribution in [3.05, 3.63) is 46.9 Å². The van der Waals surface area contributed by atoms with Crippen LogP contribution in [0.3, 0.4) is 0 Å². The molecule has 1 atom stereocenters. The first-order valence-electron chi connectivity index (χ1n) is 8.43. The minimum Gasteiger partial charge on any atom is -0.388 e. The maximum absolute atomic E-state index is 9.31. The monoisotopic (exact) mass is 342 g/mol. The van der Waals surface area contributed by atoms with Gasteiger partial charge in [-0.15, -0.1) is 21.5 Å². The maximum atomic E-state index is 9.31. The molecule has 0 aliphatic carbocycles. The molecule has 1 aliphatic heterocycles. The van der Waals surface area contributed by atoms with Crippen molar-refractivity contribution >= 4 is 21.4 Å². The minimum atomic E-state index is -0.0539. The van der Waals surface area contributed by atoms with Gasteiger partial charge in [-0.1, -0.05) is 18.2 Å². The Kier molecular flexibility index (Phi) is 4.35. The van der Waals surface area contributed by atoms with Crippen molar-refractivity contribution in [2.24, 2.45) is 7.05 Å². The van der Waals surface area contributed by atoms with Crippen LogP contribution in [0, 0.1) is 0 Å². The molecule has 0 amide bonds. The van der Waals surface area contributed by atoms with Crippen LogP contribution in [-0.4, -0.2) is 37.9 Å². The zero-order valence-electron chi connectivity index (χ0n) is 13.9.